The van der Waals surface area contributed by atoms with Gasteiger partial charge in [0.2, 0.25) is 11.9 Å². The highest BCUT2D eigenvalue weighted by Crippen LogP contribution is 2.11. The number of nitrogens with one attached hydrogen (secondary N) is 2. The van der Waals surface area contributed by atoms with Crippen LogP contribution < -0.4 is 5.32 Å². The molecule has 128 valence electrons. The second kappa shape index (κ2) is 7.50. The number of carbonyl (C=O) groups excluding carboxylic acids is 1. The van der Waals surface area contributed by atoms with Gasteiger partial charge in [-0.3, -0.25) is 20.1 Å². The molecule has 1 aromatic carbocycles. The lowest BCUT2D eigenvalue weighted by Gasteiger charge is -2.33. The van der Waals surface area contributed by atoms with Crippen molar-refractivity contribution in [3.8, 4) is 0 Å². The maximum Gasteiger partial charge on any atom is 0.248 e. The van der Waals surface area contributed by atoms with Crippen LogP contribution in [0.2, 0.25) is 0 Å². The van der Waals surface area contributed by atoms with E-state index in [1.807, 2.05) is 13.0 Å². The topological polar surface area (TPSA) is 83.1 Å². The molecule has 3 rings (SSSR count). The number of aromatic amines is 1. The summed E-state index contributed by atoms with van der Waals surface area (Å²) in [5.74, 6) is 0.293. The van der Waals surface area contributed by atoms with Crippen molar-refractivity contribution in [1.82, 2.24) is 20.1 Å². The number of amides is 1. The van der Waals surface area contributed by atoms with Crippen molar-refractivity contribution in [3.63, 3.8) is 0 Å². The van der Waals surface area contributed by atoms with Crippen LogP contribution in [0.1, 0.15) is 18.3 Å². The van der Waals surface area contributed by atoms with E-state index < -0.39 is 0 Å². The van der Waals surface area contributed by atoms with Gasteiger partial charge in [0.05, 0.1) is 13.2 Å². The maximum atomic E-state index is 13.2. The van der Waals surface area contributed by atoms with Crippen LogP contribution in [0.4, 0.5) is 10.3 Å². The maximum absolute atomic E-state index is 13.2. The summed E-state index contributed by atoms with van der Waals surface area (Å²) in [6.07, 6.45) is 0.411. The molecule has 1 aliphatic rings. The number of carbonyl (C=O) groups is 1. The van der Waals surface area contributed by atoms with E-state index in [1.165, 1.54) is 12.1 Å². The van der Waals surface area contributed by atoms with Gasteiger partial charge < -0.3 is 4.74 Å². The van der Waals surface area contributed by atoms with E-state index in [-0.39, 0.29) is 23.7 Å². The zero-order chi connectivity index (χ0) is 16.9. The molecular formula is C16H20FN5O2. The number of nitrogens with zero attached hydrogens (tertiary/aromatic N) is 3. The van der Waals surface area contributed by atoms with Crippen molar-refractivity contribution in [2.75, 3.05) is 31.6 Å². The summed E-state index contributed by atoms with van der Waals surface area (Å²) in [4.78, 5) is 18.7. The molecule has 1 unspecified atom stereocenters. The SMILES string of the molecule is CCN1CCOCC1C(=O)Nc1n[nH]c(Cc2cccc(F)c2)n1. The average Bonchev–Trinajstić information content (AvgIpc) is 3.01. The lowest BCUT2D eigenvalue weighted by atomic mass is 10.1. The quantitative estimate of drug-likeness (QED) is 0.859. The Morgan fingerprint density at radius 1 is 1.54 bits per heavy atom. The Labute approximate surface area is 139 Å². The van der Waals surface area contributed by atoms with Gasteiger partial charge in [-0.1, -0.05) is 19.1 Å². The fraction of sp³-hybridized carbons (Fsp3) is 0.438. The first kappa shape index (κ1) is 16.5. The van der Waals surface area contributed by atoms with E-state index in [9.17, 15) is 9.18 Å². The minimum Gasteiger partial charge on any atom is -0.378 e. The van der Waals surface area contributed by atoms with Crippen LogP contribution in [-0.4, -0.2) is 58.3 Å². The molecule has 1 saturated heterocycles. The van der Waals surface area contributed by atoms with Gasteiger partial charge in [0.1, 0.15) is 17.7 Å². The molecule has 2 aromatic rings. The Hall–Kier alpha value is -2.32. The number of anilines is 1. The first-order valence-corrected chi connectivity index (χ1v) is 7.94. The third kappa shape index (κ3) is 3.95. The number of rotatable bonds is 5. The van der Waals surface area contributed by atoms with Gasteiger partial charge >= 0.3 is 0 Å². The summed E-state index contributed by atoms with van der Waals surface area (Å²) in [6.45, 7) is 4.51. The third-order valence-corrected chi connectivity index (χ3v) is 3.98. The molecule has 8 heteroatoms. The Morgan fingerprint density at radius 3 is 3.21 bits per heavy atom. The number of hydrogen-bond donors (Lipinski definition) is 2. The van der Waals surface area contributed by atoms with E-state index in [0.29, 0.717) is 25.5 Å². The van der Waals surface area contributed by atoms with Gasteiger partial charge in [0, 0.05) is 13.0 Å². The van der Waals surface area contributed by atoms with Gasteiger partial charge in [-0.2, -0.15) is 4.98 Å². The summed E-state index contributed by atoms with van der Waals surface area (Å²) in [5.41, 5.74) is 0.780. The highest BCUT2D eigenvalue weighted by molar-refractivity contribution is 5.93. The van der Waals surface area contributed by atoms with Crippen molar-refractivity contribution >= 4 is 11.9 Å². The highest BCUT2D eigenvalue weighted by atomic mass is 19.1. The fourth-order valence-electron chi connectivity index (χ4n) is 2.72. The van der Waals surface area contributed by atoms with Crippen LogP contribution in [0.25, 0.3) is 0 Å². The second-order valence-corrected chi connectivity index (χ2v) is 5.62. The number of halogens is 1. The molecule has 0 radical (unpaired) electrons. The molecule has 1 amide bonds. The van der Waals surface area contributed by atoms with Crippen molar-refractivity contribution < 1.29 is 13.9 Å². The number of benzene rings is 1. The summed E-state index contributed by atoms with van der Waals surface area (Å²) in [6, 6.07) is 5.95. The fourth-order valence-corrected chi connectivity index (χ4v) is 2.72. The van der Waals surface area contributed by atoms with Crippen LogP contribution in [0.3, 0.4) is 0 Å². The summed E-state index contributed by atoms with van der Waals surface area (Å²) in [7, 11) is 0. The lowest BCUT2D eigenvalue weighted by molar-refractivity contribution is -0.127. The molecule has 1 aliphatic heterocycles. The normalized spacial score (nSPS) is 18.5. The van der Waals surface area contributed by atoms with Gasteiger partial charge in [-0.05, 0) is 24.2 Å². The van der Waals surface area contributed by atoms with E-state index in [4.69, 9.17) is 4.74 Å². The zero-order valence-corrected chi connectivity index (χ0v) is 13.5. The number of likely N-dealkylation sites (N-methyl/N-ethyl adjacent to an activating group) is 1. The highest BCUT2D eigenvalue weighted by Gasteiger charge is 2.28. The molecular weight excluding hydrogens is 313 g/mol. The zero-order valence-electron chi connectivity index (χ0n) is 13.5. The molecule has 1 aromatic heterocycles. The molecule has 2 heterocycles. The predicted molar refractivity (Wildman–Crippen MR) is 86.1 cm³/mol. The number of aromatic nitrogens is 3. The van der Waals surface area contributed by atoms with E-state index >= 15 is 0 Å². The molecule has 1 fully saturated rings. The van der Waals surface area contributed by atoms with Crippen molar-refractivity contribution in [2.45, 2.75) is 19.4 Å². The second-order valence-electron chi connectivity index (χ2n) is 5.62. The molecule has 0 aliphatic carbocycles. The van der Waals surface area contributed by atoms with Crippen LogP contribution in [0.5, 0.6) is 0 Å². The van der Waals surface area contributed by atoms with Gasteiger partial charge in [0.15, 0.2) is 0 Å². The Bertz CT molecular complexity index is 705. The van der Waals surface area contributed by atoms with Crippen LogP contribution in [0, 0.1) is 5.82 Å². The third-order valence-electron chi connectivity index (χ3n) is 3.98. The largest absolute Gasteiger partial charge is 0.378 e. The lowest BCUT2D eigenvalue weighted by Crippen LogP contribution is -2.51. The molecule has 0 bridgehead atoms. The minimum atomic E-state index is -0.339. The average molecular weight is 333 g/mol. The summed E-state index contributed by atoms with van der Waals surface area (Å²) >= 11 is 0. The smallest absolute Gasteiger partial charge is 0.248 e. The Balaban J connectivity index is 1.62. The van der Waals surface area contributed by atoms with Gasteiger partial charge in [0.25, 0.3) is 0 Å². The molecule has 1 atom stereocenters. The molecule has 0 saturated carbocycles. The van der Waals surface area contributed by atoms with Crippen molar-refractivity contribution in [1.29, 1.82) is 0 Å². The predicted octanol–water partition coefficient (Wildman–Crippen LogP) is 1.19. The van der Waals surface area contributed by atoms with Crippen LogP contribution >= 0.6 is 0 Å². The Morgan fingerprint density at radius 2 is 2.42 bits per heavy atom. The van der Waals surface area contributed by atoms with Crippen LogP contribution in [-0.2, 0) is 16.0 Å². The van der Waals surface area contributed by atoms with E-state index in [1.54, 1.807) is 6.07 Å². The molecule has 0 spiro atoms. The first-order valence-electron chi connectivity index (χ1n) is 7.94. The summed E-state index contributed by atoms with van der Waals surface area (Å²) < 4.78 is 18.6. The molecule has 7 nitrogen and oxygen atoms in total. The number of morpholine rings is 1. The van der Waals surface area contributed by atoms with Gasteiger partial charge in [-0.25, -0.2) is 4.39 Å². The number of H-pyrrole nitrogens is 1. The minimum absolute atomic E-state index is 0.187. The number of ether oxygens (including phenoxy) is 1. The van der Waals surface area contributed by atoms with Gasteiger partial charge in [-0.15, -0.1) is 5.10 Å². The van der Waals surface area contributed by atoms with Crippen molar-refractivity contribution in [3.05, 3.63) is 41.5 Å². The Kier molecular flexibility index (Phi) is 5.17. The summed E-state index contributed by atoms with van der Waals surface area (Å²) in [5, 5.41) is 9.47. The standard InChI is InChI=1S/C16H20FN5O2/c1-2-22-6-7-24-10-13(22)15(23)19-16-18-14(20-21-16)9-11-4-3-5-12(17)8-11/h3-5,8,13H,2,6-7,9-10H2,1H3,(H2,18,19,20,21,23). The molecule has 2 N–H and O–H groups in total. The van der Waals surface area contributed by atoms with Crippen molar-refractivity contribution in [2.24, 2.45) is 0 Å². The molecule has 24 heavy (non-hydrogen) atoms. The van der Waals surface area contributed by atoms with Crippen LogP contribution in [0.15, 0.2) is 24.3 Å². The number of hydrogen-bond acceptors (Lipinski definition) is 5. The monoisotopic (exact) mass is 333 g/mol. The first-order chi connectivity index (χ1) is 11.7. The van der Waals surface area contributed by atoms with E-state index in [0.717, 1.165) is 18.7 Å². The van der Waals surface area contributed by atoms with E-state index in [2.05, 4.69) is 25.4 Å².